The van der Waals surface area contributed by atoms with Crippen molar-refractivity contribution in [3.8, 4) is 0 Å². The standard InChI is InChI=1S/C15H11NO3S2/c17-14(11-3-1-7-19-11)12-6-5-10(21-12)9-16-15(18)13-4-2-8-20-13/h1-8H,9H2,(H,16,18). The van der Waals surface area contributed by atoms with E-state index in [0.717, 1.165) is 4.88 Å². The number of thiophene rings is 2. The van der Waals surface area contributed by atoms with Gasteiger partial charge in [-0.1, -0.05) is 6.07 Å². The minimum atomic E-state index is -0.138. The fourth-order valence-corrected chi connectivity index (χ4v) is 3.32. The van der Waals surface area contributed by atoms with E-state index < -0.39 is 0 Å². The van der Waals surface area contributed by atoms with Crippen LogP contribution >= 0.6 is 22.7 Å². The second-order valence-electron chi connectivity index (χ2n) is 4.23. The molecule has 0 bridgehead atoms. The number of carbonyl (C=O) groups is 2. The van der Waals surface area contributed by atoms with Crippen LogP contribution in [0.5, 0.6) is 0 Å². The van der Waals surface area contributed by atoms with Crippen LogP contribution in [0, 0.1) is 0 Å². The molecular formula is C15H11NO3S2. The number of ketones is 1. The minimum absolute atomic E-state index is 0.0997. The highest BCUT2D eigenvalue weighted by Gasteiger charge is 2.14. The second kappa shape index (κ2) is 6.07. The molecule has 106 valence electrons. The zero-order valence-electron chi connectivity index (χ0n) is 10.9. The number of furan rings is 1. The SMILES string of the molecule is O=C(NCc1ccc(C(=O)c2ccco2)s1)c1cccs1. The van der Waals surface area contributed by atoms with Crippen molar-refractivity contribution < 1.29 is 14.0 Å². The van der Waals surface area contributed by atoms with Gasteiger partial charge in [0.2, 0.25) is 5.78 Å². The van der Waals surface area contributed by atoms with E-state index in [4.69, 9.17) is 4.42 Å². The average molecular weight is 317 g/mol. The molecule has 0 saturated heterocycles. The Balaban J connectivity index is 1.63. The molecule has 3 heterocycles. The molecule has 3 aromatic heterocycles. The molecule has 1 amide bonds. The van der Waals surface area contributed by atoms with Crippen molar-refractivity contribution in [2.75, 3.05) is 0 Å². The third-order valence-electron chi connectivity index (χ3n) is 2.80. The summed E-state index contributed by atoms with van der Waals surface area (Å²) >= 11 is 2.76. The molecule has 21 heavy (non-hydrogen) atoms. The molecular weight excluding hydrogens is 306 g/mol. The van der Waals surface area contributed by atoms with Gasteiger partial charge in [0, 0.05) is 4.88 Å². The Labute approximate surface area is 129 Å². The largest absolute Gasteiger partial charge is 0.461 e. The lowest BCUT2D eigenvalue weighted by Gasteiger charge is -2.00. The highest BCUT2D eigenvalue weighted by molar-refractivity contribution is 7.14. The number of amides is 1. The van der Waals surface area contributed by atoms with Crippen molar-refractivity contribution in [3.63, 3.8) is 0 Å². The molecule has 3 rings (SSSR count). The summed E-state index contributed by atoms with van der Waals surface area (Å²) < 4.78 is 5.09. The molecule has 0 aliphatic rings. The van der Waals surface area contributed by atoms with E-state index in [-0.39, 0.29) is 11.7 Å². The summed E-state index contributed by atoms with van der Waals surface area (Å²) in [6, 6.07) is 10.5. The predicted molar refractivity (Wildman–Crippen MR) is 81.9 cm³/mol. The Hall–Kier alpha value is -2.18. The van der Waals surface area contributed by atoms with Gasteiger partial charge in [0.15, 0.2) is 5.76 Å². The van der Waals surface area contributed by atoms with E-state index >= 15 is 0 Å². The summed E-state index contributed by atoms with van der Waals surface area (Å²) in [5.74, 6) is 0.0872. The summed E-state index contributed by atoms with van der Waals surface area (Å²) in [5.41, 5.74) is 0. The molecule has 0 aliphatic carbocycles. The van der Waals surface area contributed by atoms with Crippen LogP contribution in [0.2, 0.25) is 0 Å². The number of nitrogens with one attached hydrogen (secondary N) is 1. The number of carbonyl (C=O) groups excluding carboxylic acids is 2. The molecule has 0 aromatic carbocycles. The lowest BCUT2D eigenvalue weighted by Crippen LogP contribution is -2.21. The quantitative estimate of drug-likeness (QED) is 0.732. The zero-order chi connectivity index (χ0) is 14.7. The van der Waals surface area contributed by atoms with Gasteiger partial charge in [0.05, 0.1) is 22.6 Å². The number of rotatable bonds is 5. The van der Waals surface area contributed by atoms with Crippen molar-refractivity contribution in [2.24, 2.45) is 0 Å². The first kappa shape index (κ1) is 13.8. The molecule has 6 heteroatoms. The summed E-state index contributed by atoms with van der Waals surface area (Å²) in [7, 11) is 0. The monoisotopic (exact) mass is 317 g/mol. The number of hydrogen-bond donors (Lipinski definition) is 1. The van der Waals surface area contributed by atoms with Gasteiger partial charge in [-0.25, -0.2) is 0 Å². The van der Waals surface area contributed by atoms with Gasteiger partial charge in [-0.15, -0.1) is 22.7 Å². The molecule has 0 atom stereocenters. The van der Waals surface area contributed by atoms with E-state index in [2.05, 4.69) is 5.32 Å². The van der Waals surface area contributed by atoms with E-state index in [0.29, 0.717) is 22.1 Å². The first-order valence-electron chi connectivity index (χ1n) is 6.22. The van der Waals surface area contributed by atoms with Crippen molar-refractivity contribution in [1.82, 2.24) is 5.32 Å². The molecule has 0 radical (unpaired) electrons. The lowest BCUT2D eigenvalue weighted by atomic mass is 10.2. The maximum absolute atomic E-state index is 12.1. The molecule has 1 N–H and O–H groups in total. The fraction of sp³-hybridized carbons (Fsp3) is 0.0667. The Kier molecular flexibility index (Phi) is 3.98. The van der Waals surface area contributed by atoms with Gasteiger partial charge in [-0.05, 0) is 35.7 Å². The van der Waals surface area contributed by atoms with Crippen molar-refractivity contribution in [3.05, 3.63) is 68.4 Å². The number of hydrogen-bond acceptors (Lipinski definition) is 5. The van der Waals surface area contributed by atoms with E-state index in [1.807, 2.05) is 17.5 Å². The summed E-state index contributed by atoms with van der Waals surface area (Å²) in [4.78, 5) is 26.1. The summed E-state index contributed by atoms with van der Waals surface area (Å²) in [6.07, 6.45) is 1.48. The average Bonchev–Trinajstić information content (AvgIpc) is 3.26. The first-order valence-corrected chi connectivity index (χ1v) is 7.92. The van der Waals surface area contributed by atoms with Gasteiger partial charge in [0.1, 0.15) is 0 Å². The third-order valence-corrected chi connectivity index (χ3v) is 4.75. The maximum Gasteiger partial charge on any atom is 0.261 e. The van der Waals surface area contributed by atoms with Crippen LogP contribution in [0.25, 0.3) is 0 Å². The Morgan fingerprint density at radius 1 is 1.10 bits per heavy atom. The van der Waals surface area contributed by atoms with Crippen LogP contribution in [0.1, 0.15) is 30.0 Å². The molecule has 0 saturated carbocycles. The third kappa shape index (κ3) is 3.12. The van der Waals surface area contributed by atoms with Gasteiger partial charge in [-0.3, -0.25) is 9.59 Å². The topological polar surface area (TPSA) is 59.3 Å². The molecule has 0 spiro atoms. The smallest absolute Gasteiger partial charge is 0.261 e. The maximum atomic E-state index is 12.1. The fourth-order valence-electron chi connectivity index (χ4n) is 1.79. The molecule has 0 fully saturated rings. The highest BCUT2D eigenvalue weighted by atomic mass is 32.1. The van der Waals surface area contributed by atoms with Crippen LogP contribution in [0.4, 0.5) is 0 Å². The minimum Gasteiger partial charge on any atom is -0.461 e. The highest BCUT2D eigenvalue weighted by Crippen LogP contribution is 2.20. The normalized spacial score (nSPS) is 10.5. The molecule has 0 aliphatic heterocycles. The Bertz CT molecular complexity index is 742. The Morgan fingerprint density at radius 2 is 2.00 bits per heavy atom. The first-order chi connectivity index (χ1) is 10.2. The summed E-state index contributed by atoms with van der Waals surface area (Å²) in [6.45, 7) is 0.410. The van der Waals surface area contributed by atoms with Crippen molar-refractivity contribution in [2.45, 2.75) is 6.54 Å². The molecule has 3 aromatic rings. The molecule has 0 unspecified atom stereocenters. The van der Waals surface area contributed by atoms with Crippen LogP contribution in [-0.2, 0) is 6.54 Å². The van der Waals surface area contributed by atoms with Crippen molar-refractivity contribution >= 4 is 34.4 Å². The van der Waals surface area contributed by atoms with Gasteiger partial charge < -0.3 is 9.73 Å². The van der Waals surface area contributed by atoms with Crippen LogP contribution < -0.4 is 5.32 Å². The van der Waals surface area contributed by atoms with E-state index in [9.17, 15) is 9.59 Å². The lowest BCUT2D eigenvalue weighted by molar-refractivity contribution is 0.0954. The van der Waals surface area contributed by atoms with Crippen LogP contribution in [-0.4, -0.2) is 11.7 Å². The predicted octanol–water partition coefficient (Wildman–Crippen LogP) is 3.56. The second-order valence-corrected chi connectivity index (χ2v) is 6.35. The van der Waals surface area contributed by atoms with Gasteiger partial charge >= 0.3 is 0 Å². The van der Waals surface area contributed by atoms with Crippen molar-refractivity contribution in [1.29, 1.82) is 0 Å². The zero-order valence-corrected chi connectivity index (χ0v) is 12.5. The van der Waals surface area contributed by atoms with E-state index in [1.165, 1.54) is 28.9 Å². The Morgan fingerprint density at radius 3 is 2.71 bits per heavy atom. The van der Waals surface area contributed by atoms with Crippen LogP contribution in [0.15, 0.2) is 52.5 Å². The van der Waals surface area contributed by atoms with Crippen LogP contribution in [0.3, 0.4) is 0 Å². The van der Waals surface area contributed by atoms with E-state index in [1.54, 1.807) is 24.3 Å². The van der Waals surface area contributed by atoms with Gasteiger partial charge in [-0.2, -0.15) is 0 Å². The summed E-state index contributed by atoms with van der Waals surface area (Å²) in [5, 5.41) is 4.70. The molecule has 4 nitrogen and oxygen atoms in total. The van der Waals surface area contributed by atoms with Gasteiger partial charge in [0.25, 0.3) is 5.91 Å².